The first kappa shape index (κ1) is 29.4. The van der Waals surface area contributed by atoms with E-state index in [0.717, 1.165) is 0 Å². The van der Waals surface area contributed by atoms with Crippen molar-refractivity contribution in [3.05, 3.63) is 11.6 Å². The molecule has 3 rings (SSSR count). The first-order valence-electron chi connectivity index (χ1n) is 12.6. The van der Waals surface area contributed by atoms with Crippen molar-refractivity contribution in [1.29, 1.82) is 0 Å². The molecule has 11 heteroatoms. The smallest absolute Gasteiger partial charge is 0.312 e. The number of ether oxygens (including phenoxy) is 4. The summed E-state index contributed by atoms with van der Waals surface area (Å²) in [5, 5.41) is 23.4. The molecule has 2 fully saturated rings. The first-order valence-corrected chi connectivity index (χ1v) is 13.1. The van der Waals surface area contributed by atoms with Crippen LogP contribution in [-0.4, -0.2) is 76.1 Å². The zero-order chi connectivity index (χ0) is 27.9. The Morgan fingerprint density at radius 2 is 1.65 bits per heavy atom. The van der Waals surface area contributed by atoms with Crippen LogP contribution >= 0.6 is 11.6 Å². The number of hydrogen-bond donors (Lipinski definition) is 2. The van der Waals surface area contributed by atoms with Crippen LogP contribution < -0.4 is 0 Å². The Kier molecular flexibility index (Phi) is 8.66. The SMILES string of the molecule is CC(=O)O[C@H]1CC/C(CCl)=C\[C@@H]2OC(=O)[C@H](C)[C@@]2(O)[C@@H](OC(C)=O)[C@H]2[C@@H](C)[C@H](O)C[C@@H](OC(C)=O)[C@@]21C. The van der Waals surface area contributed by atoms with Crippen LogP contribution in [0.1, 0.15) is 60.8 Å². The Bertz CT molecular complexity index is 965. The molecule has 1 aliphatic heterocycles. The van der Waals surface area contributed by atoms with Crippen LogP contribution in [0, 0.1) is 23.2 Å². The van der Waals surface area contributed by atoms with E-state index in [1.54, 1.807) is 19.9 Å². The van der Waals surface area contributed by atoms with Crippen molar-refractivity contribution < 1.29 is 48.3 Å². The minimum absolute atomic E-state index is 0.0311. The standard InChI is InChI=1S/C26H37ClO10/c1-12-18(31)10-20(35-15(4)29)25(6)19(34-14(3)28)8-7-17(11-27)9-21-26(33,13(2)24(32)37-21)23(22(12)25)36-16(5)30/h9,12-13,18-23,31,33H,7-8,10-11H2,1-6H3/b17-9+/t12-,13-,18+,19-,20+,21-,22+,23-,25-,26-/m0/s1. The van der Waals surface area contributed by atoms with Crippen LogP contribution in [0.25, 0.3) is 0 Å². The van der Waals surface area contributed by atoms with Crippen molar-refractivity contribution in [3.8, 4) is 0 Å². The molecule has 0 unspecified atom stereocenters. The molecule has 10 nitrogen and oxygen atoms in total. The molecular weight excluding hydrogens is 508 g/mol. The zero-order valence-corrected chi connectivity index (χ0v) is 22.8. The number of aliphatic hydroxyl groups excluding tert-OH is 1. The van der Waals surface area contributed by atoms with E-state index in [4.69, 9.17) is 30.5 Å². The van der Waals surface area contributed by atoms with Crippen LogP contribution in [0.2, 0.25) is 0 Å². The highest BCUT2D eigenvalue weighted by Gasteiger charge is 2.68. The van der Waals surface area contributed by atoms with Gasteiger partial charge in [-0.1, -0.05) is 19.4 Å². The van der Waals surface area contributed by atoms with Crippen LogP contribution in [0.4, 0.5) is 0 Å². The molecule has 0 aromatic rings. The van der Waals surface area contributed by atoms with Gasteiger partial charge in [0, 0.05) is 44.4 Å². The lowest BCUT2D eigenvalue weighted by molar-refractivity contribution is -0.250. The van der Waals surface area contributed by atoms with E-state index in [1.807, 2.05) is 0 Å². The molecule has 0 radical (unpaired) electrons. The van der Waals surface area contributed by atoms with Gasteiger partial charge in [0.05, 0.1) is 12.0 Å². The Balaban J connectivity index is 2.37. The van der Waals surface area contributed by atoms with Crippen molar-refractivity contribution in [1.82, 2.24) is 0 Å². The number of carbonyl (C=O) groups is 4. The van der Waals surface area contributed by atoms with Crippen molar-refractivity contribution in [2.45, 2.75) is 96.9 Å². The van der Waals surface area contributed by atoms with E-state index >= 15 is 0 Å². The largest absolute Gasteiger partial charge is 0.462 e. The number of allylic oxidation sites excluding steroid dienone is 1. The molecule has 2 N–H and O–H groups in total. The number of carbonyl (C=O) groups excluding carboxylic acids is 4. The van der Waals surface area contributed by atoms with Crippen molar-refractivity contribution in [3.63, 3.8) is 0 Å². The van der Waals surface area contributed by atoms with Gasteiger partial charge < -0.3 is 29.2 Å². The monoisotopic (exact) mass is 544 g/mol. The second kappa shape index (κ2) is 10.9. The average molecular weight is 545 g/mol. The molecule has 1 heterocycles. The van der Waals surface area contributed by atoms with E-state index in [0.29, 0.717) is 12.0 Å². The molecule has 1 saturated carbocycles. The second-order valence-electron chi connectivity index (χ2n) is 10.7. The van der Waals surface area contributed by atoms with Crippen molar-refractivity contribution >= 4 is 35.5 Å². The third kappa shape index (κ3) is 5.25. The Morgan fingerprint density at radius 3 is 2.19 bits per heavy atom. The Morgan fingerprint density at radius 1 is 1.08 bits per heavy atom. The van der Waals surface area contributed by atoms with Crippen LogP contribution in [0.5, 0.6) is 0 Å². The zero-order valence-electron chi connectivity index (χ0n) is 22.1. The Hall–Kier alpha value is -2.17. The van der Waals surface area contributed by atoms with Gasteiger partial charge >= 0.3 is 23.9 Å². The highest BCUT2D eigenvalue weighted by atomic mass is 35.5. The van der Waals surface area contributed by atoms with Gasteiger partial charge in [0.1, 0.15) is 18.3 Å². The number of fused-ring (bicyclic) bond motifs is 2. The summed E-state index contributed by atoms with van der Waals surface area (Å²) >= 11 is 6.21. The van der Waals surface area contributed by atoms with Gasteiger partial charge in [-0.2, -0.15) is 0 Å². The van der Waals surface area contributed by atoms with Crippen LogP contribution in [-0.2, 0) is 38.1 Å². The average Bonchev–Trinajstić information content (AvgIpc) is 3.01. The molecule has 208 valence electrons. The minimum Gasteiger partial charge on any atom is -0.462 e. The predicted molar refractivity (Wildman–Crippen MR) is 130 cm³/mol. The van der Waals surface area contributed by atoms with Crippen LogP contribution in [0.3, 0.4) is 0 Å². The number of rotatable bonds is 4. The van der Waals surface area contributed by atoms with E-state index in [2.05, 4.69) is 0 Å². The summed E-state index contributed by atoms with van der Waals surface area (Å²) in [6.07, 6.45) is -3.30. The van der Waals surface area contributed by atoms with Gasteiger partial charge in [0.2, 0.25) is 0 Å². The highest BCUT2D eigenvalue weighted by molar-refractivity contribution is 6.19. The summed E-state index contributed by atoms with van der Waals surface area (Å²) in [5.41, 5.74) is -2.69. The fourth-order valence-corrected chi connectivity index (χ4v) is 6.72. The molecule has 2 aliphatic carbocycles. The van der Waals surface area contributed by atoms with Gasteiger partial charge in [-0.05, 0) is 31.8 Å². The van der Waals surface area contributed by atoms with E-state index < -0.39 is 83.2 Å². The summed E-state index contributed by atoms with van der Waals surface area (Å²) in [6.45, 7) is 8.61. The maximum atomic E-state index is 12.8. The Labute approximate surface area is 221 Å². The van der Waals surface area contributed by atoms with E-state index in [-0.39, 0.29) is 18.7 Å². The molecule has 0 bridgehead atoms. The lowest BCUT2D eigenvalue weighted by Crippen LogP contribution is -2.68. The lowest BCUT2D eigenvalue weighted by atomic mass is 9.52. The van der Waals surface area contributed by atoms with Gasteiger partial charge in [-0.3, -0.25) is 19.2 Å². The summed E-state index contributed by atoms with van der Waals surface area (Å²) < 4.78 is 22.9. The maximum Gasteiger partial charge on any atom is 0.312 e. The third-order valence-electron chi connectivity index (χ3n) is 8.46. The quantitative estimate of drug-likeness (QED) is 0.233. The van der Waals surface area contributed by atoms with Gasteiger partial charge in [-0.15, -0.1) is 11.6 Å². The van der Waals surface area contributed by atoms with Gasteiger partial charge in [0.25, 0.3) is 0 Å². The minimum atomic E-state index is -2.06. The summed E-state index contributed by atoms with van der Waals surface area (Å²) in [5.74, 6) is -5.24. The molecule has 0 aromatic carbocycles. The summed E-state index contributed by atoms with van der Waals surface area (Å²) in [4.78, 5) is 49.7. The fraction of sp³-hybridized carbons (Fsp3) is 0.769. The number of halogens is 1. The fourth-order valence-electron chi connectivity index (χ4n) is 6.50. The number of alkyl halides is 1. The summed E-state index contributed by atoms with van der Waals surface area (Å²) in [6, 6.07) is 0. The molecule has 3 aliphatic rings. The van der Waals surface area contributed by atoms with E-state index in [9.17, 15) is 29.4 Å². The molecule has 10 atom stereocenters. The molecule has 1 saturated heterocycles. The first-order chi connectivity index (χ1) is 17.2. The molecule has 0 spiro atoms. The second-order valence-corrected chi connectivity index (χ2v) is 11.0. The lowest BCUT2D eigenvalue weighted by Gasteiger charge is -2.58. The highest BCUT2D eigenvalue weighted by Crippen LogP contribution is 2.56. The molecular formula is C26H37ClO10. The molecule has 37 heavy (non-hydrogen) atoms. The van der Waals surface area contributed by atoms with Crippen LogP contribution in [0.15, 0.2) is 11.6 Å². The van der Waals surface area contributed by atoms with Gasteiger partial charge in [-0.25, -0.2) is 0 Å². The topological polar surface area (TPSA) is 146 Å². The number of hydrogen-bond acceptors (Lipinski definition) is 10. The molecule has 0 amide bonds. The molecule has 0 aromatic heterocycles. The predicted octanol–water partition coefficient (Wildman–Crippen LogP) is 2.06. The number of aliphatic hydroxyl groups is 2. The number of esters is 4. The summed E-state index contributed by atoms with van der Waals surface area (Å²) in [7, 11) is 0. The van der Waals surface area contributed by atoms with Gasteiger partial charge in [0.15, 0.2) is 11.7 Å². The third-order valence-corrected chi connectivity index (χ3v) is 8.80. The van der Waals surface area contributed by atoms with Crippen molar-refractivity contribution in [2.24, 2.45) is 23.2 Å². The van der Waals surface area contributed by atoms with Crippen molar-refractivity contribution in [2.75, 3.05) is 5.88 Å². The maximum absolute atomic E-state index is 12.8. The van der Waals surface area contributed by atoms with E-state index in [1.165, 1.54) is 27.7 Å². The normalized spacial score (nSPS) is 43.3.